The van der Waals surface area contributed by atoms with Gasteiger partial charge in [-0.25, -0.2) is 8.42 Å². The Morgan fingerprint density at radius 2 is 1.82 bits per heavy atom. The third kappa shape index (κ3) is 8.80. The lowest BCUT2D eigenvalue weighted by Gasteiger charge is -2.06. The number of rotatable bonds is 7. The van der Waals surface area contributed by atoms with Gasteiger partial charge in [0.1, 0.15) is 0 Å². The summed E-state index contributed by atoms with van der Waals surface area (Å²) in [5, 5.41) is 2.31. The first kappa shape index (κ1) is 16.0. The van der Waals surface area contributed by atoms with Gasteiger partial charge < -0.3 is 5.32 Å². The van der Waals surface area contributed by atoms with E-state index in [1.165, 1.54) is 11.1 Å². The molecule has 0 aromatic carbocycles. The largest absolute Gasteiger partial charge is 0.350 e. The maximum absolute atomic E-state index is 11.0. The van der Waals surface area contributed by atoms with Crippen molar-refractivity contribution in [3.63, 3.8) is 0 Å². The minimum atomic E-state index is -4.37. The maximum atomic E-state index is 11.0. The second kappa shape index (κ2) is 6.10. The first-order valence-electron chi connectivity index (χ1n) is 4.35. The molecule has 10 heteroatoms. The highest BCUT2D eigenvalue weighted by Gasteiger charge is 2.16. The summed E-state index contributed by atoms with van der Waals surface area (Å²) in [6.07, 6.45) is 0.677. The van der Waals surface area contributed by atoms with Crippen molar-refractivity contribution in [2.45, 2.75) is 6.92 Å². The summed E-state index contributed by atoms with van der Waals surface area (Å²) < 4.78 is 48.8. The average molecular weight is 286 g/mol. The summed E-state index contributed by atoms with van der Waals surface area (Å²) in [5.41, 5.74) is 0.266. The van der Waals surface area contributed by atoms with Crippen LogP contribution in [0.2, 0.25) is 0 Å². The van der Waals surface area contributed by atoms with Crippen LogP contribution in [0.1, 0.15) is 6.92 Å². The monoisotopic (exact) mass is 286 g/mol. The SMILES string of the molecule is C=C(C)C(=O)NCCOS(=O)(=O)NS(C)(=O)=O. The summed E-state index contributed by atoms with van der Waals surface area (Å²) in [6, 6.07) is 0. The van der Waals surface area contributed by atoms with E-state index in [1.807, 2.05) is 0 Å². The quantitative estimate of drug-likeness (QED) is 0.434. The molecular weight excluding hydrogens is 272 g/mol. The summed E-state index contributed by atoms with van der Waals surface area (Å²) in [4.78, 5) is 11.0. The van der Waals surface area contributed by atoms with E-state index in [1.54, 1.807) is 0 Å². The normalized spacial score (nSPS) is 12.1. The predicted molar refractivity (Wildman–Crippen MR) is 60.7 cm³/mol. The molecule has 0 fully saturated rings. The fourth-order valence-electron chi connectivity index (χ4n) is 0.676. The maximum Gasteiger partial charge on any atom is 0.349 e. The van der Waals surface area contributed by atoms with Gasteiger partial charge in [0, 0.05) is 12.1 Å². The van der Waals surface area contributed by atoms with Crippen LogP contribution in [0.3, 0.4) is 0 Å². The molecule has 0 saturated heterocycles. The Bertz CT molecular complexity index is 492. The lowest BCUT2D eigenvalue weighted by Crippen LogP contribution is -2.34. The number of nitrogens with one attached hydrogen (secondary N) is 2. The zero-order valence-corrected chi connectivity index (χ0v) is 11.0. The highest BCUT2D eigenvalue weighted by molar-refractivity contribution is 8.02. The van der Waals surface area contributed by atoms with Crippen molar-refractivity contribution in [1.29, 1.82) is 0 Å². The van der Waals surface area contributed by atoms with Gasteiger partial charge in [0.25, 0.3) is 0 Å². The fraction of sp³-hybridized carbons (Fsp3) is 0.571. The van der Waals surface area contributed by atoms with Gasteiger partial charge in [-0.2, -0.15) is 8.42 Å². The molecule has 0 aromatic heterocycles. The van der Waals surface area contributed by atoms with Crippen molar-refractivity contribution in [3.8, 4) is 0 Å². The van der Waals surface area contributed by atoms with E-state index in [4.69, 9.17) is 0 Å². The Morgan fingerprint density at radius 3 is 2.24 bits per heavy atom. The molecule has 0 rings (SSSR count). The number of hydrogen-bond donors (Lipinski definition) is 2. The molecule has 0 aliphatic heterocycles. The Hall–Kier alpha value is -0.970. The van der Waals surface area contributed by atoms with E-state index in [9.17, 15) is 21.6 Å². The fourth-order valence-corrected chi connectivity index (χ4v) is 2.65. The van der Waals surface area contributed by atoms with Crippen LogP contribution in [0, 0.1) is 0 Å². The molecule has 0 aliphatic rings. The Morgan fingerprint density at radius 1 is 1.29 bits per heavy atom. The van der Waals surface area contributed by atoms with Gasteiger partial charge in [-0.1, -0.05) is 10.7 Å². The molecule has 0 spiro atoms. The number of carbonyl (C=O) groups excluding carboxylic acids is 1. The molecule has 100 valence electrons. The first-order chi connectivity index (χ1) is 7.53. The van der Waals surface area contributed by atoms with Gasteiger partial charge in [-0.05, 0) is 6.92 Å². The predicted octanol–water partition coefficient (Wildman–Crippen LogP) is -1.51. The van der Waals surface area contributed by atoms with Crippen molar-refractivity contribution in [1.82, 2.24) is 9.44 Å². The van der Waals surface area contributed by atoms with Crippen molar-refractivity contribution in [3.05, 3.63) is 12.2 Å². The van der Waals surface area contributed by atoms with E-state index >= 15 is 0 Å². The minimum absolute atomic E-state index is 0.0869. The average Bonchev–Trinajstić information content (AvgIpc) is 2.07. The standard InChI is InChI=1S/C7H14N2O6S2/c1-6(2)7(10)8-4-5-15-17(13,14)9-16(3,11)12/h9H,1,4-5H2,2-3H3,(H,8,10). The molecule has 0 aromatic rings. The van der Waals surface area contributed by atoms with Gasteiger partial charge in [0.05, 0.1) is 12.9 Å². The number of amides is 1. The third-order valence-electron chi connectivity index (χ3n) is 1.27. The van der Waals surface area contributed by atoms with Crippen LogP contribution in [0.15, 0.2) is 12.2 Å². The molecule has 0 unspecified atom stereocenters. The molecule has 0 bridgehead atoms. The summed E-state index contributed by atoms with van der Waals surface area (Å²) in [6.45, 7) is 4.38. The van der Waals surface area contributed by atoms with Gasteiger partial charge >= 0.3 is 10.3 Å². The van der Waals surface area contributed by atoms with Crippen molar-refractivity contribution >= 4 is 26.2 Å². The third-order valence-corrected chi connectivity index (χ3v) is 3.77. The molecule has 1 amide bonds. The van der Waals surface area contributed by atoms with Crippen LogP contribution in [0.25, 0.3) is 0 Å². The summed E-state index contributed by atoms with van der Waals surface area (Å²) >= 11 is 0. The lowest BCUT2D eigenvalue weighted by atomic mass is 10.3. The molecule has 17 heavy (non-hydrogen) atoms. The Balaban J connectivity index is 4.06. The van der Waals surface area contributed by atoms with Crippen molar-refractivity contribution in [2.24, 2.45) is 0 Å². The van der Waals surface area contributed by atoms with Crippen molar-refractivity contribution < 1.29 is 25.8 Å². The van der Waals surface area contributed by atoms with Crippen LogP contribution in [0.5, 0.6) is 0 Å². The molecule has 2 N–H and O–H groups in total. The zero-order valence-electron chi connectivity index (χ0n) is 9.39. The van der Waals surface area contributed by atoms with E-state index in [0.717, 1.165) is 0 Å². The second-order valence-electron chi connectivity index (χ2n) is 3.17. The highest BCUT2D eigenvalue weighted by atomic mass is 32.3. The molecular formula is C7H14N2O6S2. The zero-order chi connectivity index (χ0) is 13.7. The van der Waals surface area contributed by atoms with Crippen LogP contribution in [0.4, 0.5) is 0 Å². The van der Waals surface area contributed by atoms with E-state index < -0.39 is 26.2 Å². The molecule has 0 saturated carbocycles. The van der Waals surface area contributed by atoms with Gasteiger partial charge in [-0.3, -0.25) is 8.98 Å². The van der Waals surface area contributed by atoms with Gasteiger partial charge in [0.2, 0.25) is 15.9 Å². The molecule has 0 heterocycles. The minimum Gasteiger partial charge on any atom is -0.350 e. The van der Waals surface area contributed by atoms with Crippen molar-refractivity contribution in [2.75, 3.05) is 19.4 Å². The lowest BCUT2D eigenvalue weighted by molar-refractivity contribution is -0.117. The summed E-state index contributed by atoms with van der Waals surface area (Å²) in [5.74, 6) is -0.443. The Labute approximate surface area is 100 Å². The Kier molecular flexibility index (Phi) is 5.75. The van der Waals surface area contributed by atoms with E-state index in [2.05, 4.69) is 16.1 Å². The molecule has 0 radical (unpaired) electrons. The first-order valence-corrected chi connectivity index (χ1v) is 7.65. The molecule has 0 aliphatic carbocycles. The number of hydrogen-bond acceptors (Lipinski definition) is 6. The van der Waals surface area contributed by atoms with E-state index in [0.29, 0.717) is 6.26 Å². The number of sulfonamides is 1. The van der Waals surface area contributed by atoms with E-state index in [-0.39, 0.29) is 18.7 Å². The van der Waals surface area contributed by atoms with Crippen LogP contribution in [-0.4, -0.2) is 42.2 Å². The smallest absolute Gasteiger partial charge is 0.349 e. The number of carbonyl (C=O) groups is 1. The van der Waals surface area contributed by atoms with Gasteiger partial charge in [-0.15, -0.1) is 0 Å². The van der Waals surface area contributed by atoms with Crippen LogP contribution >= 0.6 is 0 Å². The topological polar surface area (TPSA) is 119 Å². The molecule has 8 nitrogen and oxygen atoms in total. The van der Waals surface area contributed by atoms with Gasteiger partial charge in [0.15, 0.2) is 0 Å². The molecule has 0 atom stereocenters. The summed E-state index contributed by atoms with van der Waals surface area (Å²) in [7, 11) is -8.28. The van der Waals surface area contributed by atoms with Crippen LogP contribution < -0.4 is 9.44 Å². The van der Waals surface area contributed by atoms with Crippen LogP contribution in [-0.2, 0) is 29.3 Å². The highest BCUT2D eigenvalue weighted by Crippen LogP contribution is 1.91. The second-order valence-corrected chi connectivity index (χ2v) is 6.52.